The van der Waals surface area contributed by atoms with Crippen molar-refractivity contribution in [3.05, 3.63) is 12.2 Å². The van der Waals surface area contributed by atoms with Gasteiger partial charge in [0.1, 0.15) is 0 Å². The lowest BCUT2D eigenvalue weighted by atomic mass is 9.97. The Morgan fingerprint density at radius 2 is 2.50 bits per heavy atom. The summed E-state index contributed by atoms with van der Waals surface area (Å²) in [5.74, 6) is 0.333. The third kappa shape index (κ3) is 4.05. The van der Waals surface area contributed by atoms with E-state index in [1.165, 1.54) is 6.66 Å². The molecule has 1 aliphatic carbocycles. The van der Waals surface area contributed by atoms with Crippen molar-refractivity contribution in [1.29, 1.82) is 0 Å². The molecule has 0 aliphatic heterocycles. The quantitative estimate of drug-likeness (QED) is 0.548. The van der Waals surface area contributed by atoms with Crippen molar-refractivity contribution >= 4 is 7.60 Å². The first-order chi connectivity index (χ1) is 5.58. The molecule has 0 fully saturated rings. The van der Waals surface area contributed by atoms with E-state index in [2.05, 4.69) is 12.2 Å². The summed E-state index contributed by atoms with van der Waals surface area (Å²) in [6.07, 6.45) is 7.52. The van der Waals surface area contributed by atoms with Gasteiger partial charge in [0.25, 0.3) is 0 Å². The largest absolute Gasteiger partial charge is 0.325 e. The molecule has 2 unspecified atom stereocenters. The van der Waals surface area contributed by atoms with Crippen molar-refractivity contribution in [2.45, 2.75) is 19.3 Å². The molecule has 0 heterocycles. The molecule has 12 heavy (non-hydrogen) atoms. The van der Waals surface area contributed by atoms with Crippen LogP contribution in [-0.2, 0) is 9.09 Å². The van der Waals surface area contributed by atoms with Crippen molar-refractivity contribution in [2.75, 3.05) is 13.3 Å². The van der Waals surface area contributed by atoms with E-state index in [9.17, 15) is 4.57 Å². The first kappa shape index (κ1) is 9.97. The summed E-state index contributed by atoms with van der Waals surface area (Å²) >= 11 is 0. The van der Waals surface area contributed by atoms with Gasteiger partial charge in [0.15, 0.2) is 0 Å². The Balaban J connectivity index is 2.27. The van der Waals surface area contributed by atoms with Crippen LogP contribution in [0.4, 0.5) is 0 Å². The molecule has 2 atom stereocenters. The lowest BCUT2D eigenvalue weighted by Crippen LogP contribution is -2.08. The highest BCUT2D eigenvalue weighted by atomic mass is 31.2. The Hall–Kier alpha value is -0.110. The predicted molar refractivity (Wildman–Crippen MR) is 48.2 cm³/mol. The van der Waals surface area contributed by atoms with Crippen molar-refractivity contribution in [3.8, 4) is 0 Å². The standard InChI is InChI=1S/C8H15O3P/c1-12(9,10)11-7-8-5-3-2-4-6-8/h3,5,8H,2,4,6-7H2,1H3,(H,9,10). The Labute approximate surface area is 73.0 Å². The van der Waals surface area contributed by atoms with Gasteiger partial charge >= 0.3 is 7.60 Å². The van der Waals surface area contributed by atoms with Gasteiger partial charge < -0.3 is 9.42 Å². The van der Waals surface area contributed by atoms with Crippen molar-refractivity contribution in [3.63, 3.8) is 0 Å². The van der Waals surface area contributed by atoms with Crippen molar-refractivity contribution < 1.29 is 14.0 Å². The van der Waals surface area contributed by atoms with Crippen LogP contribution in [0.5, 0.6) is 0 Å². The molecule has 0 saturated carbocycles. The van der Waals surface area contributed by atoms with E-state index in [1.807, 2.05) is 0 Å². The number of rotatable bonds is 3. The molecule has 0 aromatic heterocycles. The zero-order valence-corrected chi connectivity index (χ0v) is 8.17. The molecular formula is C8H15O3P. The Morgan fingerprint density at radius 3 is 3.00 bits per heavy atom. The normalized spacial score (nSPS) is 28.3. The van der Waals surface area contributed by atoms with E-state index >= 15 is 0 Å². The maximum Gasteiger partial charge on any atom is 0.325 e. The molecule has 0 aromatic rings. The molecule has 70 valence electrons. The molecule has 0 spiro atoms. The molecule has 1 rings (SSSR count). The van der Waals surface area contributed by atoms with Crippen LogP contribution in [-0.4, -0.2) is 18.2 Å². The van der Waals surface area contributed by atoms with Crippen LogP contribution >= 0.6 is 7.60 Å². The van der Waals surface area contributed by atoms with E-state index in [4.69, 9.17) is 9.42 Å². The minimum atomic E-state index is -3.27. The van der Waals surface area contributed by atoms with Gasteiger partial charge in [-0.1, -0.05) is 12.2 Å². The number of hydrogen-bond donors (Lipinski definition) is 1. The van der Waals surface area contributed by atoms with Crippen LogP contribution < -0.4 is 0 Å². The van der Waals surface area contributed by atoms with E-state index < -0.39 is 7.60 Å². The van der Waals surface area contributed by atoms with Crippen molar-refractivity contribution in [1.82, 2.24) is 0 Å². The minimum Gasteiger partial charge on any atom is -0.324 e. The lowest BCUT2D eigenvalue weighted by molar-refractivity contribution is 0.229. The second-order valence-corrected chi connectivity index (χ2v) is 5.08. The monoisotopic (exact) mass is 190 g/mol. The van der Waals surface area contributed by atoms with E-state index in [0.717, 1.165) is 19.3 Å². The molecule has 4 heteroatoms. The van der Waals surface area contributed by atoms with Gasteiger partial charge in [-0.25, -0.2) is 0 Å². The second kappa shape index (κ2) is 4.22. The lowest BCUT2D eigenvalue weighted by Gasteiger charge is -2.16. The van der Waals surface area contributed by atoms with Gasteiger partial charge in [0.05, 0.1) is 6.61 Å². The highest BCUT2D eigenvalue weighted by Crippen LogP contribution is 2.37. The summed E-state index contributed by atoms with van der Waals surface area (Å²) < 4.78 is 15.6. The molecule has 0 aromatic carbocycles. The summed E-state index contributed by atoms with van der Waals surface area (Å²) in [7, 11) is -3.27. The first-order valence-corrected chi connectivity index (χ1v) is 6.22. The molecule has 3 nitrogen and oxygen atoms in total. The summed E-state index contributed by atoms with van der Waals surface area (Å²) in [5, 5.41) is 0. The molecule has 1 N–H and O–H groups in total. The van der Waals surface area contributed by atoms with Gasteiger partial charge in [-0.05, 0) is 19.3 Å². The molecule has 0 radical (unpaired) electrons. The fourth-order valence-corrected chi connectivity index (χ4v) is 1.72. The second-order valence-electron chi connectivity index (χ2n) is 3.22. The summed E-state index contributed by atoms with van der Waals surface area (Å²) in [5.41, 5.74) is 0. The molecule has 1 aliphatic rings. The maximum absolute atomic E-state index is 10.8. The van der Waals surface area contributed by atoms with Crippen LogP contribution in [0, 0.1) is 5.92 Å². The van der Waals surface area contributed by atoms with Gasteiger partial charge in [0.2, 0.25) is 0 Å². The summed E-state index contributed by atoms with van der Waals surface area (Å²) in [6, 6.07) is 0. The van der Waals surface area contributed by atoms with Crippen LogP contribution in [0.15, 0.2) is 12.2 Å². The zero-order chi connectivity index (χ0) is 9.03. The zero-order valence-electron chi connectivity index (χ0n) is 7.27. The fraction of sp³-hybridized carbons (Fsp3) is 0.750. The Morgan fingerprint density at radius 1 is 1.75 bits per heavy atom. The molecule has 0 bridgehead atoms. The first-order valence-electron chi connectivity index (χ1n) is 4.19. The molecule has 0 amide bonds. The minimum absolute atomic E-state index is 0.333. The maximum atomic E-state index is 10.8. The summed E-state index contributed by atoms with van der Waals surface area (Å²) in [6.45, 7) is 1.60. The fourth-order valence-electron chi connectivity index (χ4n) is 1.26. The van der Waals surface area contributed by atoms with Crippen LogP contribution in [0.25, 0.3) is 0 Å². The van der Waals surface area contributed by atoms with Crippen molar-refractivity contribution in [2.24, 2.45) is 5.92 Å². The predicted octanol–water partition coefficient (Wildman–Crippen LogP) is 2.17. The van der Waals surface area contributed by atoms with Crippen LogP contribution in [0.1, 0.15) is 19.3 Å². The number of hydrogen-bond acceptors (Lipinski definition) is 2. The Kier molecular flexibility index (Phi) is 3.51. The van der Waals surface area contributed by atoms with E-state index in [-0.39, 0.29) is 0 Å². The SMILES string of the molecule is CP(=O)(O)OCC1C=CCCC1. The molecular weight excluding hydrogens is 175 g/mol. The van der Waals surface area contributed by atoms with Crippen LogP contribution in [0.3, 0.4) is 0 Å². The van der Waals surface area contributed by atoms with Gasteiger partial charge in [-0.2, -0.15) is 0 Å². The average Bonchev–Trinajstić information content (AvgIpc) is 2.02. The highest BCUT2D eigenvalue weighted by Gasteiger charge is 2.14. The topological polar surface area (TPSA) is 46.5 Å². The van der Waals surface area contributed by atoms with E-state index in [1.54, 1.807) is 0 Å². The number of allylic oxidation sites excluding steroid dienone is 1. The average molecular weight is 190 g/mol. The van der Waals surface area contributed by atoms with Crippen LogP contribution in [0.2, 0.25) is 0 Å². The third-order valence-corrected chi connectivity index (χ3v) is 2.51. The third-order valence-electron chi connectivity index (χ3n) is 1.88. The summed E-state index contributed by atoms with van der Waals surface area (Å²) in [4.78, 5) is 8.86. The molecule has 0 saturated heterocycles. The van der Waals surface area contributed by atoms with Gasteiger partial charge in [-0.3, -0.25) is 4.57 Å². The Bertz CT molecular complexity index is 206. The highest BCUT2D eigenvalue weighted by molar-refractivity contribution is 7.51. The smallest absolute Gasteiger partial charge is 0.324 e. The van der Waals surface area contributed by atoms with Gasteiger partial charge in [0, 0.05) is 12.6 Å². The van der Waals surface area contributed by atoms with E-state index in [0.29, 0.717) is 12.5 Å². The van der Waals surface area contributed by atoms with Gasteiger partial charge in [-0.15, -0.1) is 0 Å².